The standard InChI is InChI=1S/C15H13NO4/c1-2-19-15(18)13-10-11(8-9-16-13)14(17)20-12-6-4-3-5-7-12/h3-10H,2H2,1H3. The second kappa shape index (κ2) is 6.47. The van der Waals surface area contributed by atoms with Gasteiger partial charge in [0.2, 0.25) is 0 Å². The number of hydrogen-bond donors (Lipinski definition) is 0. The van der Waals surface area contributed by atoms with E-state index in [9.17, 15) is 9.59 Å². The lowest BCUT2D eigenvalue weighted by molar-refractivity contribution is 0.0519. The van der Waals surface area contributed by atoms with Crippen LogP contribution in [0.4, 0.5) is 0 Å². The van der Waals surface area contributed by atoms with Gasteiger partial charge in [0.15, 0.2) is 0 Å². The molecule has 2 rings (SSSR count). The second-order valence-electron chi connectivity index (χ2n) is 3.85. The third-order valence-corrected chi connectivity index (χ3v) is 2.43. The van der Waals surface area contributed by atoms with E-state index >= 15 is 0 Å². The Balaban J connectivity index is 2.14. The number of pyridine rings is 1. The van der Waals surface area contributed by atoms with Crippen LogP contribution in [0.3, 0.4) is 0 Å². The van der Waals surface area contributed by atoms with Crippen LogP contribution in [0.1, 0.15) is 27.8 Å². The largest absolute Gasteiger partial charge is 0.461 e. The summed E-state index contributed by atoms with van der Waals surface area (Å²) in [6.45, 7) is 1.95. The highest BCUT2D eigenvalue weighted by molar-refractivity contribution is 5.94. The number of hydrogen-bond acceptors (Lipinski definition) is 5. The molecule has 20 heavy (non-hydrogen) atoms. The Morgan fingerprint density at radius 2 is 1.85 bits per heavy atom. The van der Waals surface area contributed by atoms with Crippen LogP contribution in [0.25, 0.3) is 0 Å². The lowest BCUT2D eigenvalue weighted by atomic mass is 10.2. The molecule has 2 aromatic rings. The minimum absolute atomic E-state index is 0.0781. The fourth-order valence-electron chi connectivity index (χ4n) is 1.53. The van der Waals surface area contributed by atoms with E-state index in [1.54, 1.807) is 31.2 Å². The van der Waals surface area contributed by atoms with Crippen molar-refractivity contribution in [2.24, 2.45) is 0 Å². The van der Waals surface area contributed by atoms with Crippen molar-refractivity contribution >= 4 is 11.9 Å². The Bertz CT molecular complexity index is 610. The fraction of sp³-hybridized carbons (Fsp3) is 0.133. The Kier molecular flexibility index (Phi) is 4.44. The number of carbonyl (C=O) groups is 2. The zero-order valence-corrected chi connectivity index (χ0v) is 10.9. The first kappa shape index (κ1) is 13.7. The van der Waals surface area contributed by atoms with Gasteiger partial charge in [0.1, 0.15) is 11.4 Å². The molecule has 0 N–H and O–H groups in total. The summed E-state index contributed by atoms with van der Waals surface area (Å²) < 4.78 is 10.0. The van der Waals surface area contributed by atoms with Gasteiger partial charge in [-0.15, -0.1) is 0 Å². The zero-order chi connectivity index (χ0) is 14.4. The van der Waals surface area contributed by atoms with Crippen molar-refractivity contribution in [3.05, 3.63) is 59.9 Å². The third kappa shape index (κ3) is 3.41. The van der Waals surface area contributed by atoms with Gasteiger partial charge in [-0.25, -0.2) is 14.6 Å². The molecule has 0 unspecified atom stereocenters. The molecule has 0 amide bonds. The fourth-order valence-corrected chi connectivity index (χ4v) is 1.53. The van der Waals surface area contributed by atoms with Gasteiger partial charge in [0.25, 0.3) is 0 Å². The van der Waals surface area contributed by atoms with Crippen LogP contribution >= 0.6 is 0 Å². The number of esters is 2. The van der Waals surface area contributed by atoms with E-state index in [-0.39, 0.29) is 17.9 Å². The summed E-state index contributed by atoms with van der Waals surface area (Å²) in [7, 11) is 0. The average molecular weight is 271 g/mol. The highest BCUT2D eigenvalue weighted by Crippen LogP contribution is 2.12. The van der Waals surface area contributed by atoms with E-state index in [1.165, 1.54) is 18.3 Å². The predicted molar refractivity (Wildman–Crippen MR) is 71.6 cm³/mol. The summed E-state index contributed by atoms with van der Waals surface area (Å²) in [5.74, 6) is -0.682. The number of carbonyl (C=O) groups excluding carboxylic acids is 2. The lowest BCUT2D eigenvalue weighted by Crippen LogP contribution is -2.12. The Hall–Kier alpha value is -2.69. The van der Waals surface area contributed by atoms with E-state index in [2.05, 4.69) is 4.98 Å². The molecule has 1 aromatic carbocycles. The monoisotopic (exact) mass is 271 g/mol. The second-order valence-corrected chi connectivity index (χ2v) is 3.85. The van der Waals surface area contributed by atoms with Crippen LogP contribution in [0.2, 0.25) is 0 Å². The van der Waals surface area contributed by atoms with Gasteiger partial charge in [0, 0.05) is 6.20 Å². The van der Waals surface area contributed by atoms with Gasteiger partial charge in [-0.05, 0) is 31.2 Å². The summed E-state index contributed by atoms with van der Waals surface area (Å²) in [5.41, 5.74) is 0.321. The molecular formula is C15H13NO4. The Morgan fingerprint density at radius 3 is 2.55 bits per heavy atom. The number of benzene rings is 1. The summed E-state index contributed by atoms with van der Waals surface area (Å²) in [5, 5.41) is 0. The summed E-state index contributed by atoms with van der Waals surface area (Å²) in [6.07, 6.45) is 1.37. The molecular weight excluding hydrogens is 258 g/mol. The molecule has 1 heterocycles. The van der Waals surface area contributed by atoms with Crippen LogP contribution < -0.4 is 4.74 Å². The van der Waals surface area contributed by atoms with E-state index < -0.39 is 11.9 Å². The molecule has 0 bridgehead atoms. The normalized spacial score (nSPS) is 9.85. The molecule has 0 aliphatic rings. The number of aromatic nitrogens is 1. The number of para-hydroxylation sites is 1. The average Bonchev–Trinajstić information content (AvgIpc) is 2.48. The van der Waals surface area contributed by atoms with Crippen LogP contribution in [0, 0.1) is 0 Å². The van der Waals surface area contributed by atoms with Gasteiger partial charge in [-0.3, -0.25) is 0 Å². The maximum atomic E-state index is 11.9. The molecule has 0 saturated heterocycles. The topological polar surface area (TPSA) is 65.5 Å². The third-order valence-electron chi connectivity index (χ3n) is 2.43. The quantitative estimate of drug-likeness (QED) is 0.631. The SMILES string of the molecule is CCOC(=O)c1cc(C(=O)Oc2ccccc2)ccn1. The van der Waals surface area contributed by atoms with Gasteiger partial charge in [-0.2, -0.15) is 0 Å². The Morgan fingerprint density at radius 1 is 1.10 bits per heavy atom. The minimum Gasteiger partial charge on any atom is -0.461 e. The first-order valence-electron chi connectivity index (χ1n) is 6.11. The van der Waals surface area contributed by atoms with Crippen molar-refractivity contribution in [1.82, 2.24) is 4.98 Å². The molecule has 0 saturated carbocycles. The molecule has 5 heteroatoms. The van der Waals surface area contributed by atoms with Crippen LogP contribution in [-0.2, 0) is 4.74 Å². The van der Waals surface area contributed by atoms with Crippen LogP contribution in [0.5, 0.6) is 5.75 Å². The molecule has 1 aromatic heterocycles. The zero-order valence-electron chi connectivity index (χ0n) is 10.9. The molecule has 102 valence electrons. The van der Waals surface area contributed by atoms with E-state index in [4.69, 9.17) is 9.47 Å². The highest BCUT2D eigenvalue weighted by Gasteiger charge is 2.14. The van der Waals surface area contributed by atoms with Crippen molar-refractivity contribution in [2.45, 2.75) is 6.92 Å². The molecule has 0 spiro atoms. The smallest absolute Gasteiger partial charge is 0.356 e. The first-order valence-corrected chi connectivity index (χ1v) is 6.11. The predicted octanol–water partition coefficient (Wildman–Crippen LogP) is 2.48. The van der Waals surface area contributed by atoms with Crippen molar-refractivity contribution < 1.29 is 19.1 Å². The van der Waals surface area contributed by atoms with Crippen LogP contribution in [-0.4, -0.2) is 23.5 Å². The van der Waals surface area contributed by atoms with Gasteiger partial charge in [-0.1, -0.05) is 18.2 Å². The van der Waals surface area contributed by atoms with E-state index in [1.807, 2.05) is 6.07 Å². The Labute approximate surface area is 116 Å². The maximum Gasteiger partial charge on any atom is 0.356 e. The van der Waals surface area contributed by atoms with Gasteiger partial charge in [0.05, 0.1) is 12.2 Å². The molecule has 0 aliphatic carbocycles. The number of nitrogens with zero attached hydrogens (tertiary/aromatic N) is 1. The molecule has 0 fully saturated rings. The van der Waals surface area contributed by atoms with Gasteiger partial charge >= 0.3 is 11.9 Å². The van der Waals surface area contributed by atoms with E-state index in [0.29, 0.717) is 5.75 Å². The molecule has 0 atom stereocenters. The maximum absolute atomic E-state index is 11.9. The van der Waals surface area contributed by atoms with Crippen LogP contribution in [0.15, 0.2) is 48.7 Å². The summed E-state index contributed by atoms with van der Waals surface area (Å²) in [6, 6.07) is 11.5. The van der Waals surface area contributed by atoms with Crippen molar-refractivity contribution in [1.29, 1.82) is 0 Å². The van der Waals surface area contributed by atoms with Crippen molar-refractivity contribution in [3.63, 3.8) is 0 Å². The first-order chi connectivity index (χ1) is 9.70. The molecule has 0 radical (unpaired) electrons. The summed E-state index contributed by atoms with van der Waals surface area (Å²) >= 11 is 0. The number of rotatable bonds is 4. The number of ether oxygens (including phenoxy) is 2. The van der Waals surface area contributed by atoms with Gasteiger partial charge < -0.3 is 9.47 Å². The van der Waals surface area contributed by atoms with Crippen molar-refractivity contribution in [2.75, 3.05) is 6.61 Å². The lowest BCUT2D eigenvalue weighted by Gasteiger charge is -2.05. The van der Waals surface area contributed by atoms with E-state index in [0.717, 1.165) is 0 Å². The minimum atomic E-state index is -0.568. The summed E-state index contributed by atoms with van der Waals surface area (Å²) in [4.78, 5) is 27.4. The highest BCUT2D eigenvalue weighted by atomic mass is 16.5. The molecule has 5 nitrogen and oxygen atoms in total. The van der Waals surface area contributed by atoms with Crippen molar-refractivity contribution in [3.8, 4) is 5.75 Å². The molecule has 0 aliphatic heterocycles.